The third kappa shape index (κ3) is 2.93. The van der Waals surface area contributed by atoms with Crippen molar-refractivity contribution >= 4 is 6.08 Å². The Morgan fingerprint density at radius 1 is 1.33 bits per heavy atom. The zero-order valence-corrected chi connectivity index (χ0v) is 9.28. The van der Waals surface area contributed by atoms with E-state index in [4.69, 9.17) is 4.74 Å². The molecule has 0 aliphatic carbocycles. The second-order valence-corrected chi connectivity index (χ2v) is 4.01. The molecule has 1 aromatic carbocycles. The van der Waals surface area contributed by atoms with Crippen LogP contribution in [-0.4, -0.2) is 12.7 Å². The lowest BCUT2D eigenvalue weighted by Gasteiger charge is -2.02. The quantitative estimate of drug-likeness (QED) is 0.729. The molecule has 2 rings (SSSR count). The van der Waals surface area contributed by atoms with Crippen LogP contribution in [0.5, 0.6) is 0 Å². The van der Waals surface area contributed by atoms with Gasteiger partial charge in [-0.3, -0.25) is 0 Å². The van der Waals surface area contributed by atoms with Gasteiger partial charge in [0.15, 0.2) is 0 Å². The van der Waals surface area contributed by atoms with E-state index in [2.05, 4.69) is 43.3 Å². The van der Waals surface area contributed by atoms with E-state index in [-0.39, 0.29) is 0 Å². The maximum absolute atomic E-state index is 5.53. The fraction of sp³-hybridized carbons (Fsp3) is 0.429. The SMILES string of the molecule is CCc1ccc(C=CC2CCCO2)cc1. The number of hydrogen-bond donors (Lipinski definition) is 0. The van der Waals surface area contributed by atoms with Gasteiger partial charge in [-0.05, 0) is 30.4 Å². The molecule has 1 nitrogen and oxygen atoms in total. The van der Waals surface area contributed by atoms with Crippen LogP contribution in [0.15, 0.2) is 30.3 Å². The van der Waals surface area contributed by atoms with Gasteiger partial charge in [-0.1, -0.05) is 43.3 Å². The van der Waals surface area contributed by atoms with Gasteiger partial charge in [0.05, 0.1) is 6.10 Å². The van der Waals surface area contributed by atoms with Gasteiger partial charge >= 0.3 is 0 Å². The van der Waals surface area contributed by atoms with Gasteiger partial charge in [0.2, 0.25) is 0 Å². The summed E-state index contributed by atoms with van der Waals surface area (Å²) in [6.07, 6.45) is 8.16. The van der Waals surface area contributed by atoms with Crippen LogP contribution in [0.3, 0.4) is 0 Å². The van der Waals surface area contributed by atoms with Gasteiger partial charge in [0.1, 0.15) is 0 Å². The molecule has 1 atom stereocenters. The monoisotopic (exact) mass is 202 g/mol. The standard InChI is InChI=1S/C14H18O/c1-2-12-5-7-13(8-6-12)9-10-14-4-3-11-15-14/h5-10,14H,2-4,11H2,1H3. The third-order valence-electron chi connectivity index (χ3n) is 2.86. The number of aryl methyl sites for hydroxylation is 1. The molecule has 0 aromatic heterocycles. The first-order valence-electron chi connectivity index (χ1n) is 5.77. The number of benzene rings is 1. The molecule has 0 bridgehead atoms. The largest absolute Gasteiger partial charge is 0.374 e. The Labute approximate surface area is 91.8 Å². The van der Waals surface area contributed by atoms with Crippen molar-refractivity contribution in [1.82, 2.24) is 0 Å². The summed E-state index contributed by atoms with van der Waals surface area (Å²) in [6.45, 7) is 3.10. The maximum Gasteiger partial charge on any atom is 0.0759 e. The highest BCUT2D eigenvalue weighted by Crippen LogP contribution is 2.15. The summed E-state index contributed by atoms with van der Waals surface area (Å²) in [5.41, 5.74) is 2.66. The summed E-state index contributed by atoms with van der Waals surface area (Å²) in [5, 5.41) is 0. The van der Waals surface area contributed by atoms with Gasteiger partial charge in [0.25, 0.3) is 0 Å². The van der Waals surface area contributed by atoms with Crippen molar-refractivity contribution in [2.24, 2.45) is 0 Å². The highest BCUT2D eigenvalue weighted by molar-refractivity contribution is 5.50. The van der Waals surface area contributed by atoms with E-state index in [1.54, 1.807) is 0 Å². The van der Waals surface area contributed by atoms with Crippen LogP contribution < -0.4 is 0 Å². The Morgan fingerprint density at radius 3 is 2.73 bits per heavy atom. The summed E-state index contributed by atoms with van der Waals surface area (Å²) < 4.78 is 5.53. The lowest BCUT2D eigenvalue weighted by Crippen LogP contribution is -1.98. The summed E-state index contributed by atoms with van der Waals surface area (Å²) in [6, 6.07) is 8.72. The Hall–Kier alpha value is -1.08. The Morgan fingerprint density at radius 2 is 2.13 bits per heavy atom. The molecule has 1 heterocycles. The molecule has 1 aliphatic heterocycles. The molecular formula is C14H18O. The van der Waals surface area contributed by atoms with Crippen LogP contribution in [0.25, 0.3) is 6.08 Å². The summed E-state index contributed by atoms with van der Waals surface area (Å²) in [7, 11) is 0. The lowest BCUT2D eigenvalue weighted by molar-refractivity contribution is 0.146. The Balaban J connectivity index is 1.97. The Bertz CT molecular complexity index is 318. The molecule has 80 valence electrons. The molecule has 0 radical (unpaired) electrons. The van der Waals surface area contributed by atoms with Gasteiger partial charge < -0.3 is 4.74 Å². The van der Waals surface area contributed by atoms with Crippen molar-refractivity contribution in [3.05, 3.63) is 41.5 Å². The second-order valence-electron chi connectivity index (χ2n) is 4.01. The van der Waals surface area contributed by atoms with Gasteiger partial charge in [-0.15, -0.1) is 0 Å². The molecule has 0 saturated carbocycles. The van der Waals surface area contributed by atoms with Crippen molar-refractivity contribution in [2.45, 2.75) is 32.3 Å². The number of ether oxygens (including phenoxy) is 1. The van der Waals surface area contributed by atoms with Crippen LogP contribution in [-0.2, 0) is 11.2 Å². The minimum absolute atomic E-state index is 0.343. The molecule has 1 heteroatoms. The fourth-order valence-electron chi connectivity index (χ4n) is 1.84. The maximum atomic E-state index is 5.53. The molecular weight excluding hydrogens is 184 g/mol. The Kier molecular flexibility index (Phi) is 3.57. The highest BCUT2D eigenvalue weighted by atomic mass is 16.5. The zero-order valence-electron chi connectivity index (χ0n) is 9.28. The third-order valence-corrected chi connectivity index (χ3v) is 2.86. The first-order valence-corrected chi connectivity index (χ1v) is 5.77. The van der Waals surface area contributed by atoms with E-state index in [1.165, 1.54) is 24.0 Å². The van der Waals surface area contributed by atoms with E-state index in [0.717, 1.165) is 13.0 Å². The van der Waals surface area contributed by atoms with Crippen molar-refractivity contribution < 1.29 is 4.74 Å². The van der Waals surface area contributed by atoms with Crippen LogP contribution in [0.2, 0.25) is 0 Å². The minimum atomic E-state index is 0.343. The fourth-order valence-corrected chi connectivity index (χ4v) is 1.84. The summed E-state index contributed by atoms with van der Waals surface area (Å²) in [4.78, 5) is 0. The van der Waals surface area contributed by atoms with Crippen molar-refractivity contribution in [2.75, 3.05) is 6.61 Å². The van der Waals surface area contributed by atoms with Crippen molar-refractivity contribution in [1.29, 1.82) is 0 Å². The topological polar surface area (TPSA) is 9.23 Å². The first kappa shape index (κ1) is 10.4. The van der Waals surface area contributed by atoms with Crippen LogP contribution in [0, 0.1) is 0 Å². The summed E-state index contributed by atoms with van der Waals surface area (Å²) in [5.74, 6) is 0. The molecule has 1 aromatic rings. The van der Waals surface area contributed by atoms with Crippen molar-refractivity contribution in [3.63, 3.8) is 0 Å². The molecule has 15 heavy (non-hydrogen) atoms. The first-order chi connectivity index (χ1) is 7.38. The van der Waals surface area contributed by atoms with Crippen molar-refractivity contribution in [3.8, 4) is 0 Å². The van der Waals surface area contributed by atoms with Crippen LogP contribution in [0.4, 0.5) is 0 Å². The molecule has 0 N–H and O–H groups in total. The van der Waals surface area contributed by atoms with Gasteiger partial charge in [0, 0.05) is 6.61 Å². The minimum Gasteiger partial charge on any atom is -0.374 e. The average Bonchev–Trinajstić information content (AvgIpc) is 2.80. The van der Waals surface area contributed by atoms with E-state index >= 15 is 0 Å². The summed E-state index contributed by atoms with van der Waals surface area (Å²) >= 11 is 0. The second kappa shape index (κ2) is 5.13. The van der Waals surface area contributed by atoms with Gasteiger partial charge in [-0.25, -0.2) is 0 Å². The van der Waals surface area contributed by atoms with E-state index in [0.29, 0.717) is 6.10 Å². The van der Waals surface area contributed by atoms with E-state index in [9.17, 15) is 0 Å². The smallest absolute Gasteiger partial charge is 0.0759 e. The zero-order chi connectivity index (χ0) is 10.5. The molecule has 1 fully saturated rings. The van der Waals surface area contributed by atoms with E-state index in [1.807, 2.05) is 0 Å². The van der Waals surface area contributed by atoms with Crippen LogP contribution in [0.1, 0.15) is 30.9 Å². The van der Waals surface area contributed by atoms with Crippen LogP contribution >= 0.6 is 0 Å². The molecule has 1 unspecified atom stereocenters. The van der Waals surface area contributed by atoms with E-state index < -0.39 is 0 Å². The highest BCUT2D eigenvalue weighted by Gasteiger charge is 2.10. The normalized spacial score (nSPS) is 21.3. The molecule has 0 amide bonds. The predicted molar refractivity (Wildman–Crippen MR) is 63.8 cm³/mol. The van der Waals surface area contributed by atoms with Gasteiger partial charge in [-0.2, -0.15) is 0 Å². The average molecular weight is 202 g/mol. The predicted octanol–water partition coefficient (Wildman–Crippen LogP) is 3.44. The molecule has 1 saturated heterocycles. The number of hydrogen-bond acceptors (Lipinski definition) is 1. The molecule has 0 spiro atoms. The lowest BCUT2D eigenvalue weighted by atomic mass is 10.1. The number of rotatable bonds is 3. The molecule has 1 aliphatic rings.